The van der Waals surface area contributed by atoms with Gasteiger partial charge in [0.05, 0.1) is 25.1 Å². The Kier molecular flexibility index (Phi) is 8.46. The summed E-state index contributed by atoms with van der Waals surface area (Å²) in [6.07, 6.45) is -1.36. The van der Waals surface area contributed by atoms with E-state index < -0.39 is 23.9 Å². The van der Waals surface area contributed by atoms with E-state index in [9.17, 15) is 14.4 Å². The van der Waals surface area contributed by atoms with Crippen molar-refractivity contribution < 1.29 is 23.9 Å². The molecule has 0 spiro atoms. The number of anilines is 1. The maximum absolute atomic E-state index is 13.5. The Labute approximate surface area is 230 Å². The summed E-state index contributed by atoms with van der Waals surface area (Å²) in [5.41, 5.74) is 0.987. The molecule has 8 nitrogen and oxygen atoms in total. The number of fused-ring (bicyclic) bond motifs is 1. The van der Waals surface area contributed by atoms with Crippen molar-refractivity contribution >= 4 is 51.1 Å². The first-order valence-corrected chi connectivity index (χ1v) is 13.4. The van der Waals surface area contributed by atoms with E-state index in [1.54, 1.807) is 28.0 Å². The Morgan fingerprint density at radius 1 is 1.16 bits per heavy atom. The topological polar surface area (TPSA) is 88.2 Å². The fraction of sp³-hybridized carbons (Fsp3) is 0.444. The minimum absolute atomic E-state index is 0.127. The molecule has 2 aromatic carbocycles. The fourth-order valence-corrected chi connectivity index (χ4v) is 5.03. The molecule has 10 heteroatoms. The highest BCUT2D eigenvalue weighted by atomic mass is 79.9. The van der Waals surface area contributed by atoms with Crippen LogP contribution in [-0.2, 0) is 25.5 Å². The molecule has 0 saturated carbocycles. The van der Waals surface area contributed by atoms with Gasteiger partial charge in [-0.25, -0.2) is 4.79 Å². The van der Waals surface area contributed by atoms with Crippen molar-refractivity contribution in [2.45, 2.75) is 57.5 Å². The number of hydrogen-bond acceptors (Lipinski definition) is 5. The molecular formula is C27H31BrClN3O5. The maximum atomic E-state index is 13.5. The largest absolute Gasteiger partial charge is 0.444 e. The zero-order valence-electron chi connectivity index (χ0n) is 21.1. The van der Waals surface area contributed by atoms with Crippen LogP contribution in [0.4, 0.5) is 10.5 Å². The van der Waals surface area contributed by atoms with Gasteiger partial charge in [0, 0.05) is 28.3 Å². The molecule has 2 heterocycles. The van der Waals surface area contributed by atoms with E-state index >= 15 is 0 Å². The zero-order valence-corrected chi connectivity index (χ0v) is 23.4. The second-order valence-electron chi connectivity index (χ2n) is 10.3. The SMILES string of the molecule is CC(C)(C)OC(=O)N1CC2OC(CC(=O)Nc3ccc(Br)cc3)C(=O)N(CCc3cccc(Cl)c3)C2C1. The molecule has 0 aliphatic carbocycles. The normalized spacial score (nSPS) is 21.5. The Balaban J connectivity index is 1.49. The zero-order chi connectivity index (χ0) is 26.7. The standard InChI is InChI=1S/C27H31BrClN3O5/c1-27(2,3)37-26(35)31-15-21-23(16-31)36-22(14-24(33)30-20-9-7-18(28)8-10-20)25(34)32(21)12-11-17-5-4-6-19(29)13-17/h4-10,13,21-23H,11-12,14-16H2,1-3H3,(H,30,33). The van der Waals surface area contributed by atoms with Gasteiger partial charge in [-0.05, 0) is 69.2 Å². The molecule has 0 aromatic heterocycles. The van der Waals surface area contributed by atoms with Crippen LogP contribution in [0, 0.1) is 0 Å². The lowest BCUT2D eigenvalue weighted by Crippen LogP contribution is -2.59. The van der Waals surface area contributed by atoms with Crippen molar-refractivity contribution in [1.82, 2.24) is 9.80 Å². The van der Waals surface area contributed by atoms with Crippen LogP contribution < -0.4 is 5.32 Å². The monoisotopic (exact) mass is 591 g/mol. The molecule has 2 aliphatic rings. The number of morpholine rings is 1. The molecule has 2 aromatic rings. The van der Waals surface area contributed by atoms with E-state index in [4.69, 9.17) is 21.1 Å². The molecule has 4 rings (SSSR count). The van der Waals surface area contributed by atoms with Crippen molar-refractivity contribution in [3.63, 3.8) is 0 Å². The van der Waals surface area contributed by atoms with Gasteiger partial charge in [0.2, 0.25) is 5.91 Å². The average Bonchev–Trinajstić information content (AvgIpc) is 3.23. The Morgan fingerprint density at radius 3 is 2.57 bits per heavy atom. The van der Waals surface area contributed by atoms with Crippen molar-refractivity contribution in [2.75, 3.05) is 25.0 Å². The van der Waals surface area contributed by atoms with Gasteiger partial charge in [-0.15, -0.1) is 0 Å². The van der Waals surface area contributed by atoms with Crippen LogP contribution in [0.2, 0.25) is 5.02 Å². The molecule has 3 atom stereocenters. The third-order valence-electron chi connectivity index (χ3n) is 6.22. The van der Waals surface area contributed by atoms with E-state index in [-0.39, 0.29) is 30.8 Å². The van der Waals surface area contributed by atoms with Crippen LogP contribution in [0.1, 0.15) is 32.8 Å². The van der Waals surface area contributed by atoms with E-state index in [2.05, 4.69) is 21.2 Å². The average molecular weight is 593 g/mol. The number of nitrogens with zero attached hydrogens (tertiary/aromatic N) is 2. The molecular weight excluding hydrogens is 562 g/mol. The van der Waals surface area contributed by atoms with Gasteiger partial charge in [-0.3, -0.25) is 9.59 Å². The van der Waals surface area contributed by atoms with Gasteiger partial charge in [-0.1, -0.05) is 39.7 Å². The van der Waals surface area contributed by atoms with Crippen molar-refractivity contribution in [2.24, 2.45) is 0 Å². The number of benzene rings is 2. The van der Waals surface area contributed by atoms with E-state index in [1.165, 1.54) is 0 Å². The maximum Gasteiger partial charge on any atom is 0.410 e. The lowest BCUT2D eigenvalue weighted by Gasteiger charge is -2.40. The smallest absolute Gasteiger partial charge is 0.410 e. The third-order valence-corrected chi connectivity index (χ3v) is 6.98. The predicted molar refractivity (Wildman–Crippen MR) is 145 cm³/mol. The first-order chi connectivity index (χ1) is 17.5. The molecule has 0 radical (unpaired) electrons. The van der Waals surface area contributed by atoms with Crippen LogP contribution >= 0.6 is 27.5 Å². The summed E-state index contributed by atoms with van der Waals surface area (Å²) < 4.78 is 12.6. The summed E-state index contributed by atoms with van der Waals surface area (Å²) in [4.78, 5) is 42.4. The van der Waals surface area contributed by atoms with Crippen molar-refractivity contribution in [3.8, 4) is 0 Å². The van der Waals surface area contributed by atoms with E-state index in [1.807, 2.05) is 51.1 Å². The number of rotatable bonds is 6. The number of carbonyl (C=O) groups is 3. The van der Waals surface area contributed by atoms with Crippen LogP contribution in [0.3, 0.4) is 0 Å². The van der Waals surface area contributed by atoms with Crippen LogP contribution in [-0.4, -0.2) is 71.2 Å². The highest BCUT2D eigenvalue weighted by Gasteiger charge is 2.49. The molecule has 1 N–H and O–H groups in total. The first kappa shape index (κ1) is 27.4. The second kappa shape index (κ2) is 11.4. The van der Waals surface area contributed by atoms with Gasteiger partial charge in [0.25, 0.3) is 5.91 Å². The summed E-state index contributed by atoms with van der Waals surface area (Å²) >= 11 is 9.51. The van der Waals surface area contributed by atoms with Crippen LogP contribution in [0.25, 0.3) is 0 Å². The highest BCUT2D eigenvalue weighted by Crippen LogP contribution is 2.29. The fourth-order valence-electron chi connectivity index (χ4n) is 4.55. The van der Waals surface area contributed by atoms with Crippen LogP contribution in [0.15, 0.2) is 53.0 Å². The number of carbonyl (C=O) groups excluding carboxylic acids is 3. The predicted octanol–water partition coefficient (Wildman–Crippen LogP) is 4.89. The summed E-state index contributed by atoms with van der Waals surface area (Å²) in [6.45, 7) is 6.43. The van der Waals surface area contributed by atoms with E-state index in [0.29, 0.717) is 30.2 Å². The number of likely N-dealkylation sites (tertiary alicyclic amines) is 1. The minimum Gasteiger partial charge on any atom is -0.444 e. The molecule has 3 unspecified atom stereocenters. The summed E-state index contributed by atoms with van der Waals surface area (Å²) in [5, 5.41) is 3.45. The molecule has 2 fully saturated rings. The molecule has 2 aliphatic heterocycles. The lowest BCUT2D eigenvalue weighted by molar-refractivity contribution is -0.168. The van der Waals surface area contributed by atoms with Gasteiger partial charge in [0.1, 0.15) is 11.7 Å². The molecule has 3 amide bonds. The summed E-state index contributed by atoms with van der Waals surface area (Å²) in [6, 6.07) is 14.4. The Hall–Kier alpha value is -2.62. The summed E-state index contributed by atoms with van der Waals surface area (Å²) in [7, 11) is 0. The third kappa shape index (κ3) is 7.24. The first-order valence-electron chi connectivity index (χ1n) is 12.2. The van der Waals surface area contributed by atoms with Gasteiger partial charge in [0.15, 0.2) is 0 Å². The number of amides is 3. The van der Waals surface area contributed by atoms with E-state index in [0.717, 1.165) is 10.0 Å². The molecule has 198 valence electrons. The number of nitrogens with one attached hydrogen (secondary N) is 1. The van der Waals surface area contributed by atoms with Crippen molar-refractivity contribution in [3.05, 3.63) is 63.6 Å². The summed E-state index contributed by atoms with van der Waals surface area (Å²) in [5.74, 6) is -0.587. The lowest BCUT2D eigenvalue weighted by atomic mass is 10.0. The second-order valence-corrected chi connectivity index (χ2v) is 11.6. The highest BCUT2D eigenvalue weighted by molar-refractivity contribution is 9.10. The van der Waals surface area contributed by atoms with Gasteiger partial charge < -0.3 is 24.6 Å². The molecule has 0 bridgehead atoms. The van der Waals surface area contributed by atoms with Gasteiger partial charge in [-0.2, -0.15) is 0 Å². The number of hydrogen-bond donors (Lipinski definition) is 1. The number of ether oxygens (including phenoxy) is 2. The van der Waals surface area contributed by atoms with Gasteiger partial charge >= 0.3 is 6.09 Å². The Bertz CT molecular complexity index is 1150. The van der Waals surface area contributed by atoms with Crippen LogP contribution in [0.5, 0.6) is 0 Å². The molecule has 37 heavy (non-hydrogen) atoms. The molecule has 2 saturated heterocycles. The number of halogens is 2. The Morgan fingerprint density at radius 2 is 1.89 bits per heavy atom. The van der Waals surface area contributed by atoms with Crippen molar-refractivity contribution in [1.29, 1.82) is 0 Å². The quantitative estimate of drug-likeness (QED) is 0.516. The minimum atomic E-state index is -0.949.